The Balaban J connectivity index is 1.87. The molecule has 3 aromatic heterocycles. The lowest BCUT2D eigenvalue weighted by atomic mass is 9.94. The number of amides is 2. The van der Waals surface area contributed by atoms with Crippen molar-refractivity contribution in [3.8, 4) is 11.3 Å². The zero-order valence-electron chi connectivity index (χ0n) is 30.1. The van der Waals surface area contributed by atoms with Crippen molar-refractivity contribution in [1.82, 2.24) is 14.7 Å². The topological polar surface area (TPSA) is 131 Å². The highest BCUT2D eigenvalue weighted by molar-refractivity contribution is 7.84. The molecule has 3 heterocycles. The number of aromatic nitrogens is 2. The van der Waals surface area contributed by atoms with Gasteiger partial charge < -0.3 is 14.6 Å². The minimum Gasteiger partial charge on any atom is -0.443 e. The fourth-order valence-corrected chi connectivity index (χ4v) is 6.76. The highest BCUT2D eigenvalue weighted by Crippen LogP contribution is 2.42. The Morgan fingerprint density at radius 3 is 2.02 bits per heavy atom. The third kappa shape index (κ3) is 9.50. The number of aliphatic hydroxyl groups is 1. The summed E-state index contributed by atoms with van der Waals surface area (Å²) in [4.78, 5) is 37.1. The summed E-state index contributed by atoms with van der Waals surface area (Å²) in [6, 6.07) is 13.3. The van der Waals surface area contributed by atoms with Crippen molar-refractivity contribution < 1.29 is 41.5 Å². The number of alkyl halides is 3. The van der Waals surface area contributed by atoms with E-state index >= 15 is 0 Å². The number of nitrogens with zero attached hydrogens (tertiary/aromatic N) is 3. The molecule has 0 fully saturated rings. The van der Waals surface area contributed by atoms with Crippen LogP contribution in [-0.4, -0.2) is 53.6 Å². The maximum Gasteiger partial charge on any atom is 0.425 e. The molecule has 0 aliphatic heterocycles. The Labute approximate surface area is 302 Å². The molecule has 4 rings (SSSR count). The Kier molecular flexibility index (Phi) is 11.1. The predicted molar refractivity (Wildman–Crippen MR) is 193 cm³/mol. The summed E-state index contributed by atoms with van der Waals surface area (Å²) in [7, 11) is -1.64. The summed E-state index contributed by atoms with van der Waals surface area (Å²) in [5.74, 6) is -0.0936. The number of pyridine rings is 2. The Morgan fingerprint density at radius 2 is 1.47 bits per heavy atom. The molecule has 276 valence electrons. The van der Waals surface area contributed by atoms with Crippen LogP contribution in [0.1, 0.15) is 91.4 Å². The van der Waals surface area contributed by atoms with Gasteiger partial charge in [0.15, 0.2) is 5.60 Å². The van der Waals surface area contributed by atoms with E-state index in [0.717, 1.165) is 11.5 Å². The Bertz CT molecular complexity index is 1910. The van der Waals surface area contributed by atoms with Crippen LogP contribution in [0.15, 0.2) is 60.8 Å². The van der Waals surface area contributed by atoms with Crippen molar-refractivity contribution in [3.63, 3.8) is 0 Å². The van der Waals surface area contributed by atoms with E-state index in [1.807, 2.05) is 12.1 Å². The molecule has 4 aromatic rings. The lowest BCUT2D eigenvalue weighted by Crippen LogP contribution is -2.44. The number of benzene rings is 1. The number of rotatable bonds is 7. The number of fused-ring (bicyclic) bond motifs is 1. The zero-order chi connectivity index (χ0) is 38.3. The average Bonchev–Trinajstić information content (AvgIpc) is 3.41. The van der Waals surface area contributed by atoms with Gasteiger partial charge in [0, 0.05) is 21.3 Å². The SMILES string of the molecule is CC(C)(C)OC(=O)N(C(=O)OC(C)(C)C)c1cccc([C@H](N[S@](=O)C(C)(C)C)c2cc3cccc(-c4cc(C(C)(O)C(F)(F)F)ccn4)c3s2)n1. The minimum atomic E-state index is -4.92. The van der Waals surface area contributed by atoms with Crippen molar-refractivity contribution in [2.24, 2.45) is 0 Å². The van der Waals surface area contributed by atoms with Gasteiger partial charge in [0.1, 0.15) is 17.0 Å². The molecular weight excluding hydrogens is 706 g/mol. The highest BCUT2D eigenvalue weighted by atomic mass is 32.2. The quantitative estimate of drug-likeness (QED) is 0.192. The van der Waals surface area contributed by atoms with Crippen molar-refractivity contribution in [2.45, 2.75) is 103 Å². The van der Waals surface area contributed by atoms with E-state index < -0.39 is 56.9 Å². The first-order valence-corrected chi connectivity index (χ1v) is 17.9. The van der Waals surface area contributed by atoms with Crippen LogP contribution in [0.4, 0.5) is 28.6 Å². The standard InChI is InChI=1S/C36H43F3N4O6S2/c1-32(2,3)48-30(44)43(31(45)49-33(4,5)6)27-16-12-15-24(41-27)28(42-51(47)34(7,8)9)26-19-21-13-11-14-23(29(21)50-26)25-20-22(17-18-40-25)35(10,46)36(37,38)39/h11-20,28,42,46H,1-10H3/t28-,35?,51+/m0/s1. The molecule has 1 aromatic carbocycles. The molecule has 15 heteroatoms. The molecular formula is C36H43F3N4O6S2. The normalized spacial score (nSPS) is 15.2. The van der Waals surface area contributed by atoms with Crippen molar-refractivity contribution in [1.29, 1.82) is 0 Å². The zero-order valence-corrected chi connectivity index (χ0v) is 31.8. The molecule has 0 saturated heterocycles. The van der Waals surface area contributed by atoms with Gasteiger partial charge in [-0.05, 0) is 111 Å². The van der Waals surface area contributed by atoms with E-state index in [2.05, 4.69) is 14.7 Å². The second-order valence-electron chi connectivity index (χ2n) is 15.0. The van der Waals surface area contributed by atoms with Crippen LogP contribution < -0.4 is 9.62 Å². The molecule has 3 atom stereocenters. The van der Waals surface area contributed by atoms with Crippen molar-refractivity contribution >= 4 is 50.4 Å². The monoisotopic (exact) mass is 748 g/mol. The molecule has 2 amide bonds. The van der Waals surface area contributed by atoms with E-state index in [1.165, 1.54) is 29.7 Å². The van der Waals surface area contributed by atoms with Gasteiger partial charge in [-0.3, -0.25) is 4.98 Å². The second-order valence-corrected chi connectivity index (χ2v) is 18.1. The van der Waals surface area contributed by atoms with Crippen molar-refractivity contribution in [2.75, 3.05) is 4.90 Å². The molecule has 2 N–H and O–H groups in total. The molecule has 1 unspecified atom stereocenters. The fraction of sp³-hybridized carbons (Fsp3) is 0.444. The van der Waals surface area contributed by atoms with E-state index in [-0.39, 0.29) is 17.1 Å². The van der Waals surface area contributed by atoms with Crippen LogP contribution in [-0.2, 0) is 26.1 Å². The van der Waals surface area contributed by atoms with Gasteiger partial charge in [0.2, 0.25) is 0 Å². The minimum absolute atomic E-state index is 0.0936. The lowest BCUT2D eigenvalue weighted by molar-refractivity contribution is -0.258. The molecule has 0 aliphatic carbocycles. The van der Waals surface area contributed by atoms with E-state index in [0.29, 0.717) is 32.7 Å². The Hall–Kier alpha value is -3.92. The van der Waals surface area contributed by atoms with Gasteiger partial charge in [-0.25, -0.2) is 23.5 Å². The number of hydrogen-bond donors (Lipinski definition) is 2. The van der Waals surface area contributed by atoms with Crippen molar-refractivity contribution in [3.05, 3.63) is 76.9 Å². The molecule has 0 aliphatic rings. The number of nitrogens with one attached hydrogen (secondary N) is 1. The van der Waals surface area contributed by atoms with Gasteiger partial charge in [0.25, 0.3) is 0 Å². The first kappa shape index (κ1) is 39.9. The highest BCUT2D eigenvalue weighted by Gasteiger charge is 2.51. The van der Waals surface area contributed by atoms with E-state index in [4.69, 9.17) is 9.47 Å². The van der Waals surface area contributed by atoms with Crippen LogP contribution in [0.5, 0.6) is 0 Å². The first-order valence-electron chi connectivity index (χ1n) is 16.0. The van der Waals surface area contributed by atoms with Crippen LogP contribution in [0, 0.1) is 0 Å². The fourth-order valence-electron chi connectivity index (χ4n) is 4.62. The second kappa shape index (κ2) is 14.2. The summed E-state index contributed by atoms with van der Waals surface area (Å²) < 4.78 is 68.8. The number of anilines is 1. The number of hydrogen-bond acceptors (Lipinski definition) is 9. The smallest absolute Gasteiger partial charge is 0.425 e. The Morgan fingerprint density at radius 1 is 0.882 bits per heavy atom. The molecule has 0 spiro atoms. The third-order valence-corrected chi connectivity index (χ3v) is 10.0. The molecule has 0 saturated carbocycles. The largest absolute Gasteiger partial charge is 0.443 e. The molecule has 51 heavy (non-hydrogen) atoms. The third-order valence-electron chi connectivity index (χ3n) is 7.21. The predicted octanol–water partition coefficient (Wildman–Crippen LogP) is 8.95. The van der Waals surface area contributed by atoms with Gasteiger partial charge >= 0.3 is 18.4 Å². The maximum atomic E-state index is 13.7. The maximum absolute atomic E-state index is 13.7. The number of carbonyl (C=O) groups is 2. The average molecular weight is 749 g/mol. The van der Waals surface area contributed by atoms with Crippen LogP contribution in [0.2, 0.25) is 0 Å². The summed E-state index contributed by atoms with van der Waals surface area (Å²) >= 11 is 1.28. The summed E-state index contributed by atoms with van der Waals surface area (Å²) in [5.41, 5.74) is -4.34. The molecule has 0 radical (unpaired) electrons. The van der Waals surface area contributed by atoms with Gasteiger partial charge in [-0.1, -0.05) is 24.3 Å². The summed E-state index contributed by atoms with van der Waals surface area (Å²) in [6.45, 7) is 16.0. The van der Waals surface area contributed by atoms with E-state index in [9.17, 15) is 32.1 Å². The van der Waals surface area contributed by atoms with E-state index in [1.54, 1.807) is 86.6 Å². The molecule has 10 nitrogen and oxygen atoms in total. The van der Waals surface area contributed by atoms with Crippen LogP contribution in [0.3, 0.4) is 0 Å². The number of ether oxygens (including phenoxy) is 2. The first-order chi connectivity index (χ1) is 23.3. The van der Waals surface area contributed by atoms with Gasteiger partial charge in [-0.15, -0.1) is 11.3 Å². The van der Waals surface area contributed by atoms with Crippen LogP contribution in [0.25, 0.3) is 21.3 Å². The number of halogens is 3. The molecule has 0 bridgehead atoms. The van der Waals surface area contributed by atoms with Crippen LogP contribution >= 0.6 is 11.3 Å². The number of thiophene rings is 1. The van der Waals surface area contributed by atoms with Gasteiger partial charge in [-0.2, -0.15) is 18.1 Å². The number of imide groups is 1. The van der Waals surface area contributed by atoms with Gasteiger partial charge in [0.05, 0.1) is 33.2 Å². The summed E-state index contributed by atoms with van der Waals surface area (Å²) in [6.07, 6.45) is -5.71. The number of carbonyl (C=O) groups excluding carboxylic acids is 2. The lowest BCUT2D eigenvalue weighted by Gasteiger charge is -2.28. The summed E-state index contributed by atoms with van der Waals surface area (Å²) in [5, 5.41) is 11.1.